The average Bonchev–Trinajstić information content (AvgIpc) is 3.15. The van der Waals surface area contributed by atoms with Gasteiger partial charge < -0.3 is 10.2 Å². The van der Waals surface area contributed by atoms with Crippen LogP contribution in [0.4, 0.5) is 0 Å². The second kappa shape index (κ2) is 5.96. The summed E-state index contributed by atoms with van der Waals surface area (Å²) < 4.78 is 27.5. The van der Waals surface area contributed by atoms with E-state index in [1.807, 2.05) is 13.1 Å². The number of likely N-dealkylation sites (N-methyl/N-ethyl adjacent to an activating group) is 1. The zero-order valence-electron chi connectivity index (χ0n) is 12.6. The number of thiophene rings is 1. The van der Waals surface area contributed by atoms with E-state index in [-0.39, 0.29) is 6.04 Å². The van der Waals surface area contributed by atoms with Gasteiger partial charge in [0, 0.05) is 43.1 Å². The third-order valence-electron chi connectivity index (χ3n) is 4.30. The standard InChI is InChI=1S/C14H23N3O2S2/c1-11-10-17(8-7-16(11)2)21(18,19)14-6-5-13(20-14)9-15-12-3-4-12/h5-6,11-12,15H,3-4,7-10H2,1-2H3. The van der Waals surface area contributed by atoms with Crippen LogP contribution in [-0.4, -0.2) is 56.4 Å². The summed E-state index contributed by atoms with van der Waals surface area (Å²) in [7, 11) is -1.28. The summed E-state index contributed by atoms with van der Waals surface area (Å²) in [5.41, 5.74) is 0. The molecule has 1 atom stereocenters. The lowest BCUT2D eigenvalue weighted by atomic mass is 10.2. The Kier molecular flexibility index (Phi) is 4.38. The number of piperazine rings is 1. The molecule has 21 heavy (non-hydrogen) atoms. The van der Waals surface area contributed by atoms with Crippen LogP contribution in [0, 0.1) is 0 Å². The van der Waals surface area contributed by atoms with Gasteiger partial charge in [-0.2, -0.15) is 4.31 Å². The molecule has 3 rings (SSSR count). The van der Waals surface area contributed by atoms with Crippen LogP contribution in [0.1, 0.15) is 24.6 Å². The highest BCUT2D eigenvalue weighted by Crippen LogP contribution is 2.27. The van der Waals surface area contributed by atoms with Crippen LogP contribution in [0.2, 0.25) is 0 Å². The Labute approximate surface area is 131 Å². The Hall–Kier alpha value is -0.470. The number of nitrogens with one attached hydrogen (secondary N) is 1. The number of sulfonamides is 1. The normalized spacial score (nSPS) is 25.3. The maximum Gasteiger partial charge on any atom is 0.252 e. The zero-order chi connectivity index (χ0) is 15.0. The summed E-state index contributed by atoms with van der Waals surface area (Å²) in [6.45, 7) is 4.80. The largest absolute Gasteiger partial charge is 0.309 e. The second-order valence-electron chi connectivity index (χ2n) is 6.07. The quantitative estimate of drug-likeness (QED) is 0.885. The fraction of sp³-hybridized carbons (Fsp3) is 0.714. The summed E-state index contributed by atoms with van der Waals surface area (Å²) in [5.74, 6) is 0. The van der Waals surface area contributed by atoms with Gasteiger partial charge in [0.25, 0.3) is 10.0 Å². The molecule has 2 aliphatic rings. The number of hydrogen-bond donors (Lipinski definition) is 1. The van der Waals surface area contributed by atoms with E-state index < -0.39 is 10.0 Å². The highest BCUT2D eigenvalue weighted by molar-refractivity contribution is 7.91. The van der Waals surface area contributed by atoms with Crippen molar-refractivity contribution in [3.8, 4) is 0 Å². The van der Waals surface area contributed by atoms with Crippen molar-refractivity contribution in [2.24, 2.45) is 0 Å². The van der Waals surface area contributed by atoms with Gasteiger partial charge >= 0.3 is 0 Å². The molecule has 5 nitrogen and oxygen atoms in total. The molecule has 0 bridgehead atoms. The molecule has 0 radical (unpaired) electrons. The second-order valence-corrected chi connectivity index (χ2v) is 9.40. The van der Waals surface area contributed by atoms with E-state index in [0.717, 1.165) is 18.0 Å². The average molecular weight is 329 g/mol. The van der Waals surface area contributed by atoms with Crippen LogP contribution < -0.4 is 5.32 Å². The smallest absolute Gasteiger partial charge is 0.252 e. The molecule has 0 spiro atoms. The highest BCUT2D eigenvalue weighted by atomic mass is 32.2. The molecule has 118 valence electrons. The Balaban J connectivity index is 1.69. The lowest BCUT2D eigenvalue weighted by Crippen LogP contribution is -2.51. The van der Waals surface area contributed by atoms with Crippen LogP contribution in [0.5, 0.6) is 0 Å². The minimum Gasteiger partial charge on any atom is -0.309 e. The molecule has 1 saturated carbocycles. The Bertz CT molecular complexity index is 595. The third-order valence-corrected chi connectivity index (χ3v) is 7.71. The van der Waals surface area contributed by atoms with E-state index in [9.17, 15) is 8.42 Å². The Morgan fingerprint density at radius 1 is 1.33 bits per heavy atom. The number of rotatable bonds is 5. The molecule has 0 aromatic carbocycles. The van der Waals surface area contributed by atoms with Crippen LogP contribution in [0.15, 0.2) is 16.3 Å². The molecule has 1 aliphatic heterocycles. The molecular formula is C14H23N3O2S2. The van der Waals surface area contributed by atoms with Crippen molar-refractivity contribution >= 4 is 21.4 Å². The van der Waals surface area contributed by atoms with Crippen LogP contribution in [0.25, 0.3) is 0 Å². The Morgan fingerprint density at radius 2 is 2.10 bits per heavy atom. The van der Waals surface area contributed by atoms with Crippen molar-refractivity contribution in [3.05, 3.63) is 17.0 Å². The topological polar surface area (TPSA) is 52.7 Å². The van der Waals surface area contributed by atoms with Crippen LogP contribution >= 0.6 is 11.3 Å². The molecule has 1 saturated heterocycles. The minimum absolute atomic E-state index is 0.268. The Morgan fingerprint density at radius 3 is 2.76 bits per heavy atom. The number of nitrogens with zero attached hydrogens (tertiary/aromatic N) is 2. The van der Waals surface area contributed by atoms with Gasteiger partial charge in [0.2, 0.25) is 0 Å². The van der Waals surface area contributed by atoms with E-state index in [4.69, 9.17) is 0 Å². The highest BCUT2D eigenvalue weighted by Gasteiger charge is 2.31. The molecule has 1 aromatic rings. The maximum absolute atomic E-state index is 12.7. The fourth-order valence-corrected chi connectivity index (χ4v) is 5.46. The molecule has 2 fully saturated rings. The van der Waals surface area contributed by atoms with Gasteiger partial charge in [0.1, 0.15) is 4.21 Å². The first-order valence-electron chi connectivity index (χ1n) is 7.49. The monoisotopic (exact) mass is 329 g/mol. The molecule has 1 aliphatic carbocycles. The van der Waals surface area contributed by atoms with Gasteiger partial charge in [-0.3, -0.25) is 0 Å². The van der Waals surface area contributed by atoms with E-state index in [0.29, 0.717) is 23.3 Å². The van der Waals surface area contributed by atoms with Crippen molar-refractivity contribution < 1.29 is 8.42 Å². The molecule has 7 heteroatoms. The summed E-state index contributed by atoms with van der Waals surface area (Å²) >= 11 is 1.40. The molecule has 1 aromatic heterocycles. The predicted molar refractivity (Wildman–Crippen MR) is 85.0 cm³/mol. The first-order chi connectivity index (χ1) is 9.96. The molecule has 0 amide bonds. The van der Waals surface area contributed by atoms with E-state index in [1.165, 1.54) is 24.2 Å². The van der Waals surface area contributed by atoms with Gasteiger partial charge in [-0.05, 0) is 38.9 Å². The third kappa shape index (κ3) is 3.48. The molecule has 1 N–H and O–H groups in total. The van der Waals surface area contributed by atoms with Crippen molar-refractivity contribution in [3.63, 3.8) is 0 Å². The molecule has 2 heterocycles. The van der Waals surface area contributed by atoms with Gasteiger partial charge in [-0.1, -0.05) is 0 Å². The van der Waals surface area contributed by atoms with Gasteiger partial charge in [0.15, 0.2) is 0 Å². The lowest BCUT2D eigenvalue weighted by Gasteiger charge is -2.36. The predicted octanol–water partition coefficient (Wildman–Crippen LogP) is 1.32. The van der Waals surface area contributed by atoms with Crippen LogP contribution in [-0.2, 0) is 16.6 Å². The summed E-state index contributed by atoms with van der Waals surface area (Å²) in [5, 5.41) is 3.43. The first kappa shape index (κ1) is 15.4. The van der Waals surface area contributed by atoms with E-state index >= 15 is 0 Å². The van der Waals surface area contributed by atoms with Gasteiger partial charge in [0.05, 0.1) is 0 Å². The van der Waals surface area contributed by atoms with E-state index in [2.05, 4.69) is 17.1 Å². The van der Waals surface area contributed by atoms with E-state index in [1.54, 1.807) is 10.4 Å². The SMILES string of the molecule is CC1CN(S(=O)(=O)c2ccc(CNC3CC3)s2)CCN1C. The first-order valence-corrected chi connectivity index (χ1v) is 9.75. The summed E-state index contributed by atoms with van der Waals surface area (Å²) in [4.78, 5) is 3.30. The van der Waals surface area contributed by atoms with Crippen molar-refractivity contribution in [1.82, 2.24) is 14.5 Å². The zero-order valence-corrected chi connectivity index (χ0v) is 14.2. The van der Waals surface area contributed by atoms with Crippen molar-refractivity contribution in [1.29, 1.82) is 0 Å². The van der Waals surface area contributed by atoms with Crippen molar-refractivity contribution in [2.45, 2.75) is 42.6 Å². The lowest BCUT2D eigenvalue weighted by molar-refractivity contribution is 0.160. The minimum atomic E-state index is -3.32. The number of hydrogen-bond acceptors (Lipinski definition) is 5. The van der Waals surface area contributed by atoms with Gasteiger partial charge in [-0.25, -0.2) is 8.42 Å². The van der Waals surface area contributed by atoms with Crippen molar-refractivity contribution in [2.75, 3.05) is 26.7 Å². The summed E-state index contributed by atoms with van der Waals surface area (Å²) in [6, 6.07) is 4.61. The van der Waals surface area contributed by atoms with Gasteiger partial charge in [-0.15, -0.1) is 11.3 Å². The fourth-order valence-electron chi connectivity index (χ4n) is 2.48. The molecular weight excluding hydrogens is 306 g/mol. The maximum atomic E-state index is 12.7. The summed E-state index contributed by atoms with van der Waals surface area (Å²) in [6.07, 6.45) is 2.49. The van der Waals surface area contributed by atoms with Crippen LogP contribution in [0.3, 0.4) is 0 Å². The molecule has 1 unspecified atom stereocenters.